The molecule has 0 radical (unpaired) electrons. The zero-order chi connectivity index (χ0) is 21.6. The van der Waals surface area contributed by atoms with Gasteiger partial charge in [0.25, 0.3) is 5.91 Å². The van der Waals surface area contributed by atoms with E-state index in [9.17, 15) is 13.2 Å². The molecule has 1 unspecified atom stereocenters. The van der Waals surface area contributed by atoms with Gasteiger partial charge in [0, 0.05) is 12.7 Å². The molecule has 1 amide bonds. The Kier molecular flexibility index (Phi) is 6.90. The molecule has 0 aromatic heterocycles. The van der Waals surface area contributed by atoms with Crippen molar-refractivity contribution < 1.29 is 17.9 Å². The molecule has 0 aliphatic carbocycles. The van der Waals surface area contributed by atoms with E-state index in [0.717, 1.165) is 17.5 Å². The Morgan fingerprint density at radius 3 is 2.23 bits per heavy atom. The molecule has 6 heteroatoms. The molecule has 3 rings (SSSR count). The number of rotatable bonds is 8. The van der Waals surface area contributed by atoms with Crippen LogP contribution < -0.4 is 10.1 Å². The molecule has 0 saturated carbocycles. The molecule has 0 spiro atoms. The number of hydrogen-bond acceptors (Lipinski definition) is 4. The first-order valence-corrected chi connectivity index (χ1v) is 11.6. The van der Waals surface area contributed by atoms with Crippen LogP contribution in [-0.4, -0.2) is 27.2 Å². The maximum atomic E-state index is 12.4. The van der Waals surface area contributed by atoms with Crippen LogP contribution in [-0.2, 0) is 21.1 Å². The van der Waals surface area contributed by atoms with E-state index in [2.05, 4.69) is 17.4 Å². The summed E-state index contributed by atoms with van der Waals surface area (Å²) in [5, 5.41) is 2.88. The average molecular weight is 424 g/mol. The predicted octanol–water partition coefficient (Wildman–Crippen LogP) is 3.94. The molecule has 0 fully saturated rings. The van der Waals surface area contributed by atoms with Gasteiger partial charge in [0.2, 0.25) is 0 Å². The lowest BCUT2D eigenvalue weighted by Gasteiger charge is -2.16. The number of amides is 1. The number of para-hydroxylation sites is 1. The van der Waals surface area contributed by atoms with E-state index in [1.165, 1.54) is 11.8 Å². The summed E-state index contributed by atoms with van der Waals surface area (Å²) in [5.41, 5.74) is 3.00. The molecule has 1 atom stereocenters. The van der Waals surface area contributed by atoms with Gasteiger partial charge in [0.1, 0.15) is 5.75 Å². The third-order valence-corrected chi connectivity index (χ3v) is 5.88. The third kappa shape index (κ3) is 5.94. The van der Waals surface area contributed by atoms with Crippen molar-refractivity contribution in [3.05, 3.63) is 95.6 Å². The van der Waals surface area contributed by atoms with Gasteiger partial charge in [-0.3, -0.25) is 4.79 Å². The van der Waals surface area contributed by atoms with Crippen molar-refractivity contribution in [1.82, 2.24) is 5.32 Å². The minimum atomic E-state index is -3.24. The molecule has 1 N–H and O–H groups in total. The SMILES string of the molecule is CC(NC(=O)COc1ccccc1Cc1ccccc1)c1ccc(S(C)(=O)=O)cc1. The maximum absolute atomic E-state index is 12.4. The van der Waals surface area contributed by atoms with E-state index in [1.54, 1.807) is 24.3 Å². The Morgan fingerprint density at radius 1 is 0.933 bits per heavy atom. The summed E-state index contributed by atoms with van der Waals surface area (Å²) in [4.78, 5) is 12.6. The summed E-state index contributed by atoms with van der Waals surface area (Å²) in [6.07, 6.45) is 1.89. The third-order valence-electron chi connectivity index (χ3n) is 4.75. The molecule has 0 aliphatic heterocycles. The average Bonchev–Trinajstić information content (AvgIpc) is 2.73. The topological polar surface area (TPSA) is 72.5 Å². The minimum Gasteiger partial charge on any atom is -0.483 e. The second-order valence-corrected chi connectivity index (χ2v) is 9.20. The number of carbonyl (C=O) groups is 1. The number of benzene rings is 3. The van der Waals surface area contributed by atoms with Crippen LogP contribution in [0.5, 0.6) is 5.75 Å². The molecule has 3 aromatic carbocycles. The Morgan fingerprint density at radius 2 is 1.57 bits per heavy atom. The van der Waals surface area contributed by atoms with Gasteiger partial charge in [-0.05, 0) is 41.8 Å². The van der Waals surface area contributed by atoms with Crippen LogP contribution in [0.4, 0.5) is 0 Å². The molecular weight excluding hydrogens is 398 g/mol. The summed E-state index contributed by atoms with van der Waals surface area (Å²) < 4.78 is 28.9. The smallest absolute Gasteiger partial charge is 0.258 e. The van der Waals surface area contributed by atoms with Crippen LogP contribution in [0.1, 0.15) is 29.7 Å². The predicted molar refractivity (Wildman–Crippen MR) is 117 cm³/mol. The van der Waals surface area contributed by atoms with Crippen molar-refractivity contribution >= 4 is 15.7 Å². The van der Waals surface area contributed by atoms with Gasteiger partial charge in [-0.2, -0.15) is 0 Å². The highest BCUT2D eigenvalue weighted by Crippen LogP contribution is 2.21. The van der Waals surface area contributed by atoms with Gasteiger partial charge in [-0.25, -0.2) is 8.42 Å². The monoisotopic (exact) mass is 423 g/mol. The first-order valence-electron chi connectivity index (χ1n) is 9.67. The standard InChI is InChI=1S/C24H25NO4S/c1-18(20-12-14-22(15-13-20)30(2,27)28)25-24(26)17-29-23-11-7-6-10-21(23)16-19-8-4-3-5-9-19/h3-15,18H,16-17H2,1-2H3,(H,25,26). The molecule has 156 valence electrons. The van der Waals surface area contributed by atoms with Gasteiger partial charge in [-0.15, -0.1) is 0 Å². The maximum Gasteiger partial charge on any atom is 0.258 e. The highest BCUT2D eigenvalue weighted by molar-refractivity contribution is 7.90. The Balaban J connectivity index is 1.58. The van der Waals surface area contributed by atoms with E-state index in [0.29, 0.717) is 5.75 Å². The van der Waals surface area contributed by atoms with E-state index in [-0.39, 0.29) is 23.5 Å². The highest BCUT2D eigenvalue weighted by atomic mass is 32.2. The van der Waals surface area contributed by atoms with Crippen LogP contribution in [0.25, 0.3) is 0 Å². The number of carbonyl (C=O) groups excluding carboxylic acids is 1. The van der Waals surface area contributed by atoms with Crippen molar-refractivity contribution in [3.63, 3.8) is 0 Å². The fraction of sp³-hybridized carbons (Fsp3) is 0.208. The van der Waals surface area contributed by atoms with Crippen molar-refractivity contribution in [3.8, 4) is 5.75 Å². The first-order chi connectivity index (χ1) is 14.3. The lowest BCUT2D eigenvalue weighted by atomic mass is 10.0. The van der Waals surface area contributed by atoms with Gasteiger partial charge in [-0.1, -0.05) is 60.7 Å². The number of ether oxygens (including phenoxy) is 1. The molecule has 3 aromatic rings. The zero-order valence-corrected chi connectivity index (χ0v) is 17.9. The van der Waals surface area contributed by atoms with Crippen LogP contribution in [0.3, 0.4) is 0 Å². The first kappa shape index (κ1) is 21.6. The summed E-state index contributed by atoms with van der Waals surface area (Å²) >= 11 is 0. The molecular formula is C24H25NO4S. The van der Waals surface area contributed by atoms with Gasteiger partial charge in [0.15, 0.2) is 16.4 Å². The normalized spacial score (nSPS) is 12.2. The molecule has 0 saturated heterocycles. The van der Waals surface area contributed by atoms with E-state index >= 15 is 0 Å². The second kappa shape index (κ2) is 9.59. The fourth-order valence-electron chi connectivity index (χ4n) is 3.12. The summed E-state index contributed by atoms with van der Waals surface area (Å²) in [7, 11) is -3.24. The van der Waals surface area contributed by atoms with Crippen molar-refractivity contribution in [2.24, 2.45) is 0 Å². The van der Waals surface area contributed by atoms with Gasteiger partial charge < -0.3 is 10.1 Å². The second-order valence-electron chi connectivity index (χ2n) is 7.19. The van der Waals surface area contributed by atoms with Gasteiger partial charge in [0.05, 0.1) is 10.9 Å². The molecule has 0 aliphatic rings. The Bertz CT molecular complexity index is 1090. The van der Waals surface area contributed by atoms with Crippen molar-refractivity contribution in [2.45, 2.75) is 24.3 Å². The van der Waals surface area contributed by atoms with Crippen LogP contribution in [0.15, 0.2) is 83.8 Å². The van der Waals surface area contributed by atoms with Crippen molar-refractivity contribution in [1.29, 1.82) is 0 Å². The largest absolute Gasteiger partial charge is 0.483 e. The van der Waals surface area contributed by atoms with E-state index < -0.39 is 9.84 Å². The Labute approximate surface area is 177 Å². The lowest BCUT2D eigenvalue weighted by molar-refractivity contribution is -0.123. The zero-order valence-electron chi connectivity index (χ0n) is 17.0. The van der Waals surface area contributed by atoms with Crippen molar-refractivity contribution in [2.75, 3.05) is 12.9 Å². The highest BCUT2D eigenvalue weighted by Gasteiger charge is 2.13. The number of sulfone groups is 1. The van der Waals surface area contributed by atoms with Crippen LogP contribution >= 0.6 is 0 Å². The molecule has 5 nitrogen and oxygen atoms in total. The molecule has 0 heterocycles. The summed E-state index contributed by atoms with van der Waals surface area (Å²) in [5.74, 6) is 0.436. The fourth-order valence-corrected chi connectivity index (χ4v) is 3.75. The van der Waals surface area contributed by atoms with E-state index in [4.69, 9.17) is 4.74 Å². The lowest BCUT2D eigenvalue weighted by Crippen LogP contribution is -2.31. The molecule has 0 bridgehead atoms. The van der Waals surface area contributed by atoms with E-state index in [1.807, 2.05) is 49.4 Å². The number of nitrogens with one attached hydrogen (secondary N) is 1. The quantitative estimate of drug-likeness (QED) is 0.596. The summed E-state index contributed by atoms with van der Waals surface area (Å²) in [6, 6.07) is 24.0. The van der Waals surface area contributed by atoms with Crippen LogP contribution in [0.2, 0.25) is 0 Å². The number of hydrogen-bond donors (Lipinski definition) is 1. The minimum absolute atomic E-state index is 0.0996. The van der Waals surface area contributed by atoms with Crippen LogP contribution in [0, 0.1) is 0 Å². The molecule has 30 heavy (non-hydrogen) atoms. The van der Waals surface area contributed by atoms with Gasteiger partial charge >= 0.3 is 0 Å². The summed E-state index contributed by atoms with van der Waals surface area (Å²) in [6.45, 7) is 1.74. The Hall–Kier alpha value is -3.12.